The van der Waals surface area contributed by atoms with Gasteiger partial charge in [0, 0.05) is 18.0 Å². The summed E-state index contributed by atoms with van der Waals surface area (Å²) < 4.78 is 12.9. The number of carbonyl (C=O) groups is 2. The zero-order chi connectivity index (χ0) is 15.3. The zero-order valence-electron chi connectivity index (χ0n) is 10.7. The molecule has 0 saturated carbocycles. The van der Waals surface area contributed by atoms with Crippen molar-refractivity contribution in [3.05, 3.63) is 35.6 Å². The van der Waals surface area contributed by atoms with Crippen molar-refractivity contribution in [2.75, 3.05) is 0 Å². The Morgan fingerprint density at radius 3 is 1.75 bits per heavy atom. The first-order chi connectivity index (χ1) is 9.31. The first kappa shape index (κ1) is 16.1. The highest BCUT2D eigenvalue weighted by molar-refractivity contribution is 5.69. The average molecular weight is 284 g/mol. The van der Waals surface area contributed by atoms with Crippen LogP contribution in [-0.4, -0.2) is 34.2 Å². The van der Waals surface area contributed by atoms with Gasteiger partial charge in [0.2, 0.25) is 0 Å². The van der Waals surface area contributed by atoms with Crippen LogP contribution in [0.3, 0.4) is 0 Å². The van der Waals surface area contributed by atoms with Gasteiger partial charge in [0.25, 0.3) is 0 Å². The molecule has 0 radical (unpaired) electrons. The van der Waals surface area contributed by atoms with E-state index in [4.69, 9.17) is 21.7 Å². The highest BCUT2D eigenvalue weighted by Gasteiger charge is 2.29. The van der Waals surface area contributed by atoms with Gasteiger partial charge < -0.3 is 21.7 Å². The summed E-state index contributed by atoms with van der Waals surface area (Å²) >= 11 is 0. The van der Waals surface area contributed by atoms with Gasteiger partial charge in [-0.15, -0.1) is 0 Å². The van der Waals surface area contributed by atoms with Crippen LogP contribution in [0, 0.1) is 5.82 Å². The van der Waals surface area contributed by atoms with Gasteiger partial charge in [-0.25, -0.2) is 4.39 Å². The van der Waals surface area contributed by atoms with Crippen molar-refractivity contribution in [3.63, 3.8) is 0 Å². The molecule has 0 saturated heterocycles. The van der Waals surface area contributed by atoms with E-state index in [0.717, 1.165) is 0 Å². The van der Waals surface area contributed by atoms with Gasteiger partial charge in [0.05, 0.1) is 12.8 Å². The molecule has 20 heavy (non-hydrogen) atoms. The quantitative estimate of drug-likeness (QED) is 0.578. The Balaban J connectivity index is 3.02. The minimum Gasteiger partial charge on any atom is -0.481 e. The van der Waals surface area contributed by atoms with Gasteiger partial charge in [0.15, 0.2) is 0 Å². The van der Waals surface area contributed by atoms with Crippen LogP contribution in [0.1, 0.15) is 24.3 Å². The van der Waals surface area contributed by atoms with Crippen LogP contribution in [0.25, 0.3) is 0 Å². The summed E-state index contributed by atoms with van der Waals surface area (Å²) in [5.74, 6) is -3.34. The summed E-state index contributed by atoms with van der Waals surface area (Å²) in [5, 5.41) is 17.6. The largest absolute Gasteiger partial charge is 0.481 e. The van der Waals surface area contributed by atoms with E-state index >= 15 is 0 Å². The monoisotopic (exact) mass is 284 g/mol. The Labute approximate surface area is 115 Å². The number of carboxylic acid groups (broad SMARTS) is 2. The van der Waals surface area contributed by atoms with Gasteiger partial charge in [0.1, 0.15) is 5.82 Å². The van der Waals surface area contributed by atoms with Crippen molar-refractivity contribution < 1.29 is 24.2 Å². The van der Waals surface area contributed by atoms with E-state index in [1.54, 1.807) is 0 Å². The van der Waals surface area contributed by atoms with Crippen molar-refractivity contribution >= 4 is 11.9 Å². The number of aliphatic carboxylic acids is 2. The molecule has 2 unspecified atom stereocenters. The molecule has 0 spiro atoms. The van der Waals surface area contributed by atoms with E-state index < -0.39 is 35.8 Å². The Morgan fingerprint density at radius 2 is 1.40 bits per heavy atom. The number of benzene rings is 1. The minimum atomic E-state index is -1.10. The van der Waals surface area contributed by atoms with E-state index in [9.17, 15) is 14.0 Å². The second-order valence-corrected chi connectivity index (χ2v) is 4.60. The van der Waals surface area contributed by atoms with Gasteiger partial charge in [-0.2, -0.15) is 0 Å². The van der Waals surface area contributed by atoms with E-state index in [0.29, 0.717) is 5.56 Å². The Kier molecular flexibility index (Phi) is 5.60. The standard InChI is InChI=1S/C13H17FN2O4/c14-8-3-1-7(2-4-8)13(9(15)5-11(17)18)10(16)6-12(19)20/h1-4,9-10,13H,5-6,15-16H2,(H,17,18)(H,19,20). The molecule has 1 rings (SSSR count). The molecule has 2 atom stereocenters. The maximum atomic E-state index is 12.9. The molecule has 1 aromatic rings. The molecule has 6 N–H and O–H groups in total. The topological polar surface area (TPSA) is 127 Å². The zero-order valence-corrected chi connectivity index (χ0v) is 10.7. The lowest BCUT2D eigenvalue weighted by atomic mass is 9.83. The van der Waals surface area contributed by atoms with E-state index in [2.05, 4.69) is 0 Å². The van der Waals surface area contributed by atoms with Gasteiger partial charge >= 0.3 is 11.9 Å². The van der Waals surface area contributed by atoms with Crippen molar-refractivity contribution in [1.82, 2.24) is 0 Å². The Bertz CT molecular complexity index is 456. The lowest BCUT2D eigenvalue weighted by molar-refractivity contribution is -0.137. The first-order valence-corrected chi connectivity index (χ1v) is 6.01. The molecule has 7 heteroatoms. The predicted octanol–water partition coefficient (Wildman–Crippen LogP) is 0.513. The van der Waals surface area contributed by atoms with E-state index in [-0.39, 0.29) is 12.8 Å². The number of carboxylic acids is 2. The molecule has 0 amide bonds. The van der Waals surface area contributed by atoms with Crippen LogP contribution >= 0.6 is 0 Å². The molecule has 0 fully saturated rings. The highest BCUT2D eigenvalue weighted by Crippen LogP contribution is 2.25. The number of nitrogens with two attached hydrogens (primary N) is 2. The fourth-order valence-electron chi connectivity index (χ4n) is 2.15. The fraction of sp³-hybridized carbons (Fsp3) is 0.385. The second kappa shape index (κ2) is 6.97. The molecule has 110 valence electrons. The maximum Gasteiger partial charge on any atom is 0.304 e. The van der Waals surface area contributed by atoms with Crippen molar-refractivity contribution in [1.29, 1.82) is 0 Å². The Hall–Kier alpha value is -1.99. The third-order valence-electron chi connectivity index (χ3n) is 3.00. The highest BCUT2D eigenvalue weighted by atomic mass is 19.1. The van der Waals surface area contributed by atoms with Crippen molar-refractivity contribution in [2.24, 2.45) is 11.5 Å². The summed E-state index contributed by atoms with van der Waals surface area (Å²) in [6.07, 6.45) is -0.704. The van der Waals surface area contributed by atoms with Crippen molar-refractivity contribution in [3.8, 4) is 0 Å². The maximum absolute atomic E-state index is 12.9. The van der Waals surface area contributed by atoms with Crippen LogP contribution in [0.4, 0.5) is 4.39 Å². The molecule has 6 nitrogen and oxygen atoms in total. The fourth-order valence-corrected chi connectivity index (χ4v) is 2.15. The van der Waals surface area contributed by atoms with Gasteiger partial charge in [-0.05, 0) is 17.7 Å². The number of hydrogen-bond donors (Lipinski definition) is 4. The second-order valence-electron chi connectivity index (χ2n) is 4.60. The minimum absolute atomic E-state index is 0.352. The summed E-state index contributed by atoms with van der Waals surface area (Å²) in [6, 6.07) is 3.55. The summed E-state index contributed by atoms with van der Waals surface area (Å²) in [7, 11) is 0. The molecule has 0 aliphatic carbocycles. The number of halogens is 1. The molecule has 0 aliphatic rings. The normalized spacial score (nSPS) is 15.3. The summed E-state index contributed by atoms with van der Waals surface area (Å²) in [4.78, 5) is 21.5. The molecule has 0 aromatic heterocycles. The SMILES string of the molecule is NC(CC(=O)O)C(c1ccc(F)cc1)C(N)CC(=O)O. The van der Waals surface area contributed by atoms with Crippen LogP contribution < -0.4 is 11.5 Å². The molecule has 0 bridgehead atoms. The van der Waals surface area contributed by atoms with Crippen LogP contribution in [0.15, 0.2) is 24.3 Å². The van der Waals surface area contributed by atoms with Crippen LogP contribution in [0.2, 0.25) is 0 Å². The van der Waals surface area contributed by atoms with Crippen LogP contribution in [0.5, 0.6) is 0 Å². The summed E-state index contributed by atoms with van der Waals surface area (Å²) in [6.45, 7) is 0. The molecule has 0 heterocycles. The molecule has 0 aliphatic heterocycles. The Morgan fingerprint density at radius 1 is 1.00 bits per heavy atom. The lowest BCUT2D eigenvalue weighted by Crippen LogP contribution is -2.43. The average Bonchev–Trinajstić information content (AvgIpc) is 2.30. The predicted molar refractivity (Wildman–Crippen MR) is 69.6 cm³/mol. The lowest BCUT2D eigenvalue weighted by Gasteiger charge is -2.28. The third-order valence-corrected chi connectivity index (χ3v) is 3.00. The summed E-state index contributed by atoms with van der Waals surface area (Å²) in [5.41, 5.74) is 12.2. The molecule has 1 aromatic carbocycles. The van der Waals surface area contributed by atoms with Crippen LogP contribution in [-0.2, 0) is 9.59 Å². The number of hydrogen-bond acceptors (Lipinski definition) is 4. The molecular weight excluding hydrogens is 267 g/mol. The molecular formula is C13H17FN2O4. The number of rotatable bonds is 7. The van der Waals surface area contributed by atoms with E-state index in [1.807, 2.05) is 0 Å². The van der Waals surface area contributed by atoms with E-state index in [1.165, 1.54) is 24.3 Å². The first-order valence-electron chi connectivity index (χ1n) is 6.01. The third kappa shape index (κ3) is 4.60. The smallest absolute Gasteiger partial charge is 0.304 e. The van der Waals surface area contributed by atoms with Gasteiger partial charge in [-0.1, -0.05) is 12.1 Å². The van der Waals surface area contributed by atoms with Gasteiger partial charge in [-0.3, -0.25) is 9.59 Å². The van der Waals surface area contributed by atoms with Crippen molar-refractivity contribution in [2.45, 2.75) is 30.8 Å².